The zero-order valence-corrected chi connectivity index (χ0v) is 11.8. The van der Waals surface area contributed by atoms with Crippen molar-refractivity contribution in [3.05, 3.63) is 29.8 Å². The van der Waals surface area contributed by atoms with Crippen molar-refractivity contribution in [2.75, 3.05) is 7.05 Å². The molecule has 0 saturated heterocycles. The molecule has 0 heterocycles. The third kappa shape index (κ3) is 3.05. The fourth-order valence-corrected chi connectivity index (χ4v) is 2.79. The fourth-order valence-electron chi connectivity index (χ4n) is 2.01. The summed E-state index contributed by atoms with van der Waals surface area (Å²) in [5, 5.41) is 0. The van der Waals surface area contributed by atoms with E-state index in [2.05, 4.69) is 4.72 Å². The Morgan fingerprint density at radius 1 is 1.40 bits per heavy atom. The first-order valence-electron chi connectivity index (χ1n) is 6.21. The molecule has 108 valence electrons. The molecule has 0 bridgehead atoms. The van der Waals surface area contributed by atoms with Gasteiger partial charge in [0.2, 0.25) is 10.0 Å². The molecule has 0 radical (unpaired) electrons. The fraction of sp³-hybridized carbons (Fsp3) is 0.385. The number of rotatable bonds is 4. The van der Waals surface area contributed by atoms with Crippen molar-refractivity contribution in [3.8, 4) is 0 Å². The third-order valence-corrected chi connectivity index (χ3v) is 4.56. The number of Topliss-reactive ketones (excluding diaryl/α,β-unsaturated/α-hetero) is 1. The second kappa shape index (κ2) is 5.72. The summed E-state index contributed by atoms with van der Waals surface area (Å²) >= 11 is 0. The Balaban J connectivity index is 2.19. The minimum Gasteiger partial charge on any atom is -0.451 e. The van der Waals surface area contributed by atoms with E-state index in [1.807, 2.05) is 0 Å². The summed E-state index contributed by atoms with van der Waals surface area (Å²) in [5.41, 5.74) is 0.112. The molecule has 7 heteroatoms. The van der Waals surface area contributed by atoms with Gasteiger partial charge in [-0.05, 0) is 38.1 Å². The lowest BCUT2D eigenvalue weighted by Crippen LogP contribution is -2.23. The first kappa shape index (κ1) is 14.7. The molecule has 1 atom stereocenters. The lowest BCUT2D eigenvalue weighted by molar-refractivity contribution is -0.124. The SMILES string of the molecule is CNS(=O)(=O)c1cccc(C(=O)O[C@@H]2CCCC2=O)c1. The third-order valence-electron chi connectivity index (χ3n) is 3.15. The molecule has 0 amide bonds. The summed E-state index contributed by atoms with van der Waals surface area (Å²) in [6.45, 7) is 0. The van der Waals surface area contributed by atoms with Crippen molar-refractivity contribution in [2.24, 2.45) is 0 Å². The first-order chi connectivity index (χ1) is 9.44. The minimum absolute atomic E-state index is 0.0211. The van der Waals surface area contributed by atoms with Crippen LogP contribution in [0.5, 0.6) is 0 Å². The number of ketones is 1. The molecule has 0 spiro atoms. The Labute approximate surface area is 117 Å². The van der Waals surface area contributed by atoms with Gasteiger partial charge in [-0.25, -0.2) is 17.9 Å². The van der Waals surface area contributed by atoms with E-state index >= 15 is 0 Å². The van der Waals surface area contributed by atoms with Gasteiger partial charge in [0.15, 0.2) is 11.9 Å². The Hall–Kier alpha value is -1.73. The van der Waals surface area contributed by atoms with Crippen LogP contribution in [0.1, 0.15) is 29.6 Å². The molecule has 1 fully saturated rings. The summed E-state index contributed by atoms with van der Waals surface area (Å²) in [6.07, 6.45) is 0.961. The van der Waals surface area contributed by atoms with E-state index < -0.39 is 22.1 Å². The van der Waals surface area contributed by atoms with Crippen molar-refractivity contribution in [3.63, 3.8) is 0 Å². The van der Waals surface area contributed by atoms with Crippen LogP contribution >= 0.6 is 0 Å². The number of sulfonamides is 1. The second-order valence-electron chi connectivity index (χ2n) is 4.49. The van der Waals surface area contributed by atoms with Gasteiger partial charge in [0.25, 0.3) is 0 Å². The molecule has 1 aromatic carbocycles. The monoisotopic (exact) mass is 297 g/mol. The highest BCUT2D eigenvalue weighted by Gasteiger charge is 2.28. The molecule has 1 N–H and O–H groups in total. The predicted octanol–water partition coefficient (Wildman–Crippen LogP) is 0.873. The number of hydrogen-bond acceptors (Lipinski definition) is 5. The maximum atomic E-state index is 11.9. The topological polar surface area (TPSA) is 89.5 Å². The summed E-state index contributed by atoms with van der Waals surface area (Å²) in [7, 11) is -2.33. The Kier molecular flexibility index (Phi) is 4.20. The van der Waals surface area contributed by atoms with Crippen LogP contribution in [0.25, 0.3) is 0 Å². The predicted molar refractivity (Wildman–Crippen MR) is 70.7 cm³/mol. The van der Waals surface area contributed by atoms with Gasteiger partial charge in [0.05, 0.1) is 10.5 Å². The Morgan fingerprint density at radius 3 is 2.75 bits per heavy atom. The average molecular weight is 297 g/mol. The van der Waals surface area contributed by atoms with Crippen LogP contribution in [-0.2, 0) is 19.6 Å². The first-order valence-corrected chi connectivity index (χ1v) is 7.69. The molecule has 1 aliphatic rings. The van der Waals surface area contributed by atoms with Crippen LogP contribution < -0.4 is 4.72 Å². The van der Waals surface area contributed by atoms with Crippen LogP contribution in [0.3, 0.4) is 0 Å². The van der Waals surface area contributed by atoms with E-state index in [0.717, 1.165) is 0 Å². The van der Waals surface area contributed by atoms with Crippen LogP contribution in [0.4, 0.5) is 0 Å². The second-order valence-corrected chi connectivity index (χ2v) is 6.37. The zero-order chi connectivity index (χ0) is 14.8. The number of hydrogen-bond donors (Lipinski definition) is 1. The van der Waals surface area contributed by atoms with Gasteiger partial charge < -0.3 is 4.74 Å². The highest BCUT2D eigenvalue weighted by molar-refractivity contribution is 7.89. The van der Waals surface area contributed by atoms with Crippen molar-refractivity contribution >= 4 is 21.8 Å². The number of nitrogens with one attached hydrogen (secondary N) is 1. The zero-order valence-electron chi connectivity index (χ0n) is 11.0. The lowest BCUT2D eigenvalue weighted by Gasteiger charge is -2.11. The van der Waals surface area contributed by atoms with Crippen LogP contribution in [0.15, 0.2) is 29.2 Å². The quantitative estimate of drug-likeness (QED) is 0.833. The molecule has 0 aromatic heterocycles. The van der Waals surface area contributed by atoms with Gasteiger partial charge in [-0.15, -0.1) is 0 Å². The highest BCUT2D eigenvalue weighted by Crippen LogP contribution is 2.20. The highest BCUT2D eigenvalue weighted by atomic mass is 32.2. The van der Waals surface area contributed by atoms with E-state index in [9.17, 15) is 18.0 Å². The van der Waals surface area contributed by atoms with Crippen molar-refractivity contribution in [1.82, 2.24) is 4.72 Å². The van der Waals surface area contributed by atoms with Crippen molar-refractivity contribution < 1.29 is 22.7 Å². The van der Waals surface area contributed by atoms with E-state index in [4.69, 9.17) is 4.74 Å². The van der Waals surface area contributed by atoms with Crippen molar-refractivity contribution in [2.45, 2.75) is 30.3 Å². The molecule has 1 aliphatic carbocycles. The molecular weight excluding hydrogens is 282 g/mol. The Bertz CT molecular complexity index is 638. The number of ether oxygens (including phenoxy) is 1. The molecule has 6 nitrogen and oxygen atoms in total. The summed E-state index contributed by atoms with van der Waals surface area (Å²) in [6, 6.07) is 5.52. The molecule has 1 aromatic rings. The largest absolute Gasteiger partial charge is 0.451 e. The Morgan fingerprint density at radius 2 is 2.15 bits per heavy atom. The number of carbonyl (C=O) groups excluding carboxylic acids is 2. The lowest BCUT2D eigenvalue weighted by atomic mass is 10.2. The number of benzene rings is 1. The van der Waals surface area contributed by atoms with Gasteiger partial charge in [-0.2, -0.15) is 0 Å². The van der Waals surface area contributed by atoms with Gasteiger partial charge in [-0.3, -0.25) is 4.79 Å². The van der Waals surface area contributed by atoms with E-state index in [0.29, 0.717) is 19.3 Å². The minimum atomic E-state index is -3.62. The maximum absolute atomic E-state index is 11.9. The van der Waals surface area contributed by atoms with Gasteiger partial charge in [0.1, 0.15) is 0 Å². The molecule has 20 heavy (non-hydrogen) atoms. The average Bonchev–Trinajstić information content (AvgIpc) is 2.84. The normalized spacial score (nSPS) is 19.1. The van der Waals surface area contributed by atoms with Crippen LogP contribution in [0, 0.1) is 0 Å². The molecule has 0 aliphatic heterocycles. The van der Waals surface area contributed by atoms with Crippen LogP contribution in [0.2, 0.25) is 0 Å². The molecule has 1 saturated carbocycles. The molecule has 0 unspecified atom stereocenters. The van der Waals surface area contributed by atoms with Gasteiger partial charge in [-0.1, -0.05) is 6.07 Å². The number of esters is 1. The summed E-state index contributed by atoms with van der Waals surface area (Å²) in [5.74, 6) is -0.768. The number of carbonyl (C=O) groups is 2. The van der Waals surface area contributed by atoms with Crippen LogP contribution in [-0.4, -0.2) is 33.3 Å². The van der Waals surface area contributed by atoms with E-state index in [1.165, 1.54) is 31.3 Å². The van der Waals surface area contributed by atoms with E-state index in [1.54, 1.807) is 0 Å². The maximum Gasteiger partial charge on any atom is 0.338 e. The van der Waals surface area contributed by atoms with Crippen molar-refractivity contribution in [1.29, 1.82) is 0 Å². The van der Waals surface area contributed by atoms with Gasteiger partial charge >= 0.3 is 5.97 Å². The molecule has 2 rings (SSSR count). The van der Waals surface area contributed by atoms with E-state index in [-0.39, 0.29) is 16.2 Å². The smallest absolute Gasteiger partial charge is 0.338 e. The summed E-state index contributed by atoms with van der Waals surface area (Å²) in [4.78, 5) is 23.3. The summed E-state index contributed by atoms with van der Waals surface area (Å²) < 4.78 is 30.6. The standard InChI is InChI=1S/C13H15NO5S/c1-14-20(17,18)10-5-2-4-9(8-10)13(16)19-12-7-3-6-11(12)15/h2,4-5,8,12,14H,3,6-7H2,1H3/t12-/m1/s1. The van der Waals surface area contributed by atoms with Gasteiger partial charge in [0, 0.05) is 6.42 Å². The molecular formula is C13H15NO5S.